The minimum absolute atomic E-state index is 0.176. The average molecular weight is 498 g/mol. The van der Waals surface area contributed by atoms with Gasteiger partial charge in [-0.05, 0) is 72.4 Å². The van der Waals surface area contributed by atoms with Gasteiger partial charge in [0.05, 0.1) is 27.4 Å². The highest BCUT2D eigenvalue weighted by Gasteiger charge is 2.33. The van der Waals surface area contributed by atoms with Crippen LogP contribution in [0.1, 0.15) is 46.3 Å². The van der Waals surface area contributed by atoms with Crippen molar-refractivity contribution in [3.05, 3.63) is 87.8 Å². The van der Waals surface area contributed by atoms with E-state index in [0.717, 1.165) is 11.6 Å². The summed E-state index contributed by atoms with van der Waals surface area (Å²) >= 11 is 5.73. The molecule has 1 unspecified atom stereocenters. The predicted octanol–water partition coefficient (Wildman–Crippen LogP) is 7.99. The van der Waals surface area contributed by atoms with Crippen molar-refractivity contribution in [2.75, 3.05) is 0 Å². The zero-order valence-electron chi connectivity index (χ0n) is 18.5. The first-order chi connectivity index (χ1) is 16.6. The van der Waals surface area contributed by atoms with Gasteiger partial charge in [0.2, 0.25) is 0 Å². The molecule has 35 heavy (non-hydrogen) atoms. The maximum Gasteiger partial charge on any atom is 0.417 e. The van der Waals surface area contributed by atoms with Crippen molar-refractivity contribution in [3.8, 4) is 11.3 Å². The number of allylic oxidation sites excluding steroid dienone is 1. The van der Waals surface area contributed by atoms with E-state index in [-0.39, 0.29) is 27.8 Å². The Bertz CT molecular complexity index is 1500. The summed E-state index contributed by atoms with van der Waals surface area (Å²) in [6.45, 7) is 2.04. The van der Waals surface area contributed by atoms with Crippen molar-refractivity contribution < 1.29 is 27.5 Å². The molecule has 0 radical (unpaired) electrons. The second-order valence-corrected chi connectivity index (χ2v) is 9.12. The SMILES string of the molecule is CC1C/C(=C/c2ccc(-c3ccc(Cl)c(C(F)(F)F)c3)o2)c2nc3ccccc3c(C(=O)O)c2C1. The van der Waals surface area contributed by atoms with Crippen LogP contribution in [0.25, 0.3) is 33.9 Å². The molecule has 1 aliphatic carbocycles. The number of halogens is 4. The van der Waals surface area contributed by atoms with Crippen LogP contribution in [0.5, 0.6) is 0 Å². The van der Waals surface area contributed by atoms with Gasteiger partial charge < -0.3 is 9.52 Å². The van der Waals surface area contributed by atoms with Gasteiger partial charge in [-0.1, -0.05) is 36.7 Å². The Labute approximate surface area is 203 Å². The van der Waals surface area contributed by atoms with E-state index in [1.54, 1.807) is 36.4 Å². The summed E-state index contributed by atoms with van der Waals surface area (Å²) < 4.78 is 45.7. The molecule has 0 aliphatic heterocycles. The molecule has 4 aromatic rings. The van der Waals surface area contributed by atoms with Gasteiger partial charge in [0.15, 0.2) is 0 Å². The molecule has 0 bridgehead atoms. The summed E-state index contributed by atoms with van der Waals surface area (Å²) in [6.07, 6.45) is -1.55. The van der Waals surface area contributed by atoms with Crippen LogP contribution in [0, 0.1) is 5.92 Å². The highest BCUT2D eigenvalue weighted by atomic mass is 35.5. The molecule has 0 amide bonds. The lowest BCUT2D eigenvalue weighted by atomic mass is 9.81. The summed E-state index contributed by atoms with van der Waals surface area (Å²) in [5.74, 6) is -0.127. The molecule has 0 fully saturated rings. The van der Waals surface area contributed by atoms with Crippen molar-refractivity contribution in [2.45, 2.75) is 25.9 Å². The molecular weight excluding hydrogens is 479 g/mol. The number of benzene rings is 2. The van der Waals surface area contributed by atoms with Crippen LogP contribution in [-0.4, -0.2) is 16.1 Å². The monoisotopic (exact) mass is 497 g/mol. The molecule has 4 nitrogen and oxygen atoms in total. The Morgan fingerprint density at radius 1 is 1.14 bits per heavy atom. The van der Waals surface area contributed by atoms with Crippen LogP contribution in [0.4, 0.5) is 13.2 Å². The molecule has 8 heteroatoms. The van der Waals surface area contributed by atoms with E-state index < -0.39 is 17.7 Å². The third kappa shape index (κ3) is 4.32. The third-order valence-corrected chi connectivity index (χ3v) is 6.46. The van der Waals surface area contributed by atoms with E-state index >= 15 is 0 Å². The van der Waals surface area contributed by atoms with Gasteiger partial charge in [-0.2, -0.15) is 13.2 Å². The van der Waals surface area contributed by atoms with Crippen LogP contribution >= 0.6 is 11.6 Å². The van der Waals surface area contributed by atoms with E-state index in [4.69, 9.17) is 21.0 Å². The number of pyridine rings is 1. The van der Waals surface area contributed by atoms with E-state index in [1.807, 2.05) is 13.0 Å². The van der Waals surface area contributed by atoms with Gasteiger partial charge in [-0.15, -0.1) is 0 Å². The molecule has 2 aromatic carbocycles. The van der Waals surface area contributed by atoms with E-state index in [1.165, 1.54) is 12.1 Å². The normalized spacial score (nSPS) is 17.1. The molecule has 1 N–H and O–H groups in total. The zero-order valence-corrected chi connectivity index (χ0v) is 19.2. The quantitative estimate of drug-likeness (QED) is 0.311. The summed E-state index contributed by atoms with van der Waals surface area (Å²) in [5, 5.41) is 10.2. The summed E-state index contributed by atoms with van der Waals surface area (Å²) in [7, 11) is 0. The molecule has 2 heterocycles. The minimum atomic E-state index is -4.58. The van der Waals surface area contributed by atoms with Crippen molar-refractivity contribution in [2.24, 2.45) is 5.92 Å². The second kappa shape index (κ2) is 8.57. The van der Waals surface area contributed by atoms with E-state index in [0.29, 0.717) is 40.8 Å². The lowest BCUT2D eigenvalue weighted by Crippen LogP contribution is -2.17. The van der Waals surface area contributed by atoms with Gasteiger partial charge >= 0.3 is 12.1 Å². The van der Waals surface area contributed by atoms with Crippen LogP contribution in [0.2, 0.25) is 5.02 Å². The third-order valence-electron chi connectivity index (χ3n) is 6.13. The van der Waals surface area contributed by atoms with Crippen LogP contribution in [0.3, 0.4) is 0 Å². The number of carboxylic acid groups (broad SMARTS) is 1. The van der Waals surface area contributed by atoms with Crippen molar-refractivity contribution in [1.29, 1.82) is 0 Å². The summed E-state index contributed by atoms with van der Waals surface area (Å²) in [5.41, 5.74) is 2.28. The van der Waals surface area contributed by atoms with Crippen molar-refractivity contribution in [3.63, 3.8) is 0 Å². The van der Waals surface area contributed by atoms with Crippen molar-refractivity contribution >= 4 is 40.1 Å². The Morgan fingerprint density at radius 3 is 2.66 bits per heavy atom. The zero-order chi connectivity index (χ0) is 24.9. The average Bonchev–Trinajstić information content (AvgIpc) is 3.25. The number of alkyl halides is 3. The van der Waals surface area contributed by atoms with Gasteiger partial charge in [-0.3, -0.25) is 0 Å². The highest BCUT2D eigenvalue weighted by Crippen LogP contribution is 2.40. The predicted molar refractivity (Wildman–Crippen MR) is 128 cm³/mol. The number of fused-ring (bicyclic) bond motifs is 2. The molecule has 0 saturated carbocycles. The lowest BCUT2D eigenvalue weighted by molar-refractivity contribution is -0.137. The highest BCUT2D eigenvalue weighted by molar-refractivity contribution is 6.31. The van der Waals surface area contributed by atoms with Gasteiger partial charge in [0, 0.05) is 10.9 Å². The maximum atomic E-state index is 13.3. The number of carbonyl (C=O) groups is 1. The fraction of sp³-hybridized carbons (Fsp3) is 0.185. The number of furan rings is 1. The molecule has 2 aromatic heterocycles. The second-order valence-electron chi connectivity index (χ2n) is 8.71. The summed E-state index contributed by atoms with van der Waals surface area (Å²) in [4.78, 5) is 17.0. The van der Waals surface area contributed by atoms with Gasteiger partial charge in [0.1, 0.15) is 11.5 Å². The van der Waals surface area contributed by atoms with Gasteiger partial charge in [-0.25, -0.2) is 9.78 Å². The standard InChI is InChI=1S/C27H19ClF3NO3/c1-14-10-16(25-19(11-14)24(26(33)34)18-4-2-3-5-22(18)32-25)12-17-7-9-23(35-17)15-6-8-21(28)20(13-15)27(29,30)31/h2-9,12-14H,10-11H2,1H3,(H,33,34)/b16-12-. The van der Waals surface area contributed by atoms with Gasteiger partial charge in [0.25, 0.3) is 0 Å². The molecule has 1 aliphatic rings. The Balaban J connectivity index is 1.60. The Morgan fingerprint density at radius 2 is 1.91 bits per heavy atom. The van der Waals surface area contributed by atoms with E-state index in [9.17, 15) is 23.1 Å². The molecular formula is C27H19ClF3NO3. The molecule has 5 rings (SSSR count). The molecule has 1 atom stereocenters. The Hall–Kier alpha value is -3.58. The summed E-state index contributed by atoms with van der Waals surface area (Å²) in [6, 6.07) is 14.0. The number of para-hydroxylation sites is 1. The smallest absolute Gasteiger partial charge is 0.417 e. The number of rotatable bonds is 3. The molecule has 178 valence electrons. The number of carboxylic acids is 1. The first kappa shape index (κ1) is 23.2. The number of nitrogens with zero attached hydrogens (tertiary/aromatic N) is 1. The van der Waals surface area contributed by atoms with Crippen LogP contribution in [-0.2, 0) is 12.6 Å². The number of hydrogen-bond donors (Lipinski definition) is 1. The van der Waals surface area contributed by atoms with E-state index in [2.05, 4.69) is 0 Å². The topological polar surface area (TPSA) is 63.3 Å². The number of aromatic nitrogens is 1. The fourth-order valence-electron chi connectivity index (χ4n) is 4.63. The minimum Gasteiger partial charge on any atom is -0.478 e. The van der Waals surface area contributed by atoms with Crippen LogP contribution < -0.4 is 0 Å². The number of hydrogen-bond acceptors (Lipinski definition) is 3. The molecule has 0 saturated heterocycles. The first-order valence-corrected chi connectivity index (χ1v) is 11.3. The fourth-order valence-corrected chi connectivity index (χ4v) is 4.86. The Kier molecular flexibility index (Phi) is 5.68. The lowest BCUT2D eigenvalue weighted by Gasteiger charge is -2.25. The number of aromatic carboxylic acids is 1. The largest absolute Gasteiger partial charge is 0.478 e. The van der Waals surface area contributed by atoms with Crippen molar-refractivity contribution in [1.82, 2.24) is 4.98 Å². The molecule has 0 spiro atoms. The first-order valence-electron chi connectivity index (χ1n) is 10.9. The maximum absolute atomic E-state index is 13.3. The van der Waals surface area contributed by atoms with Crippen LogP contribution in [0.15, 0.2) is 59.0 Å².